The summed E-state index contributed by atoms with van der Waals surface area (Å²) < 4.78 is 0. The maximum absolute atomic E-state index is 12.5. The van der Waals surface area contributed by atoms with Gasteiger partial charge in [0.15, 0.2) is 0 Å². The average molecular weight is 403 g/mol. The number of rotatable bonds is 5. The Morgan fingerprint density at radius 3 is 2.89 bits per heavy atom. The Bertz CT molecular complexity index is 1060. The van der Waals surface area contributed by atoms with Gasteiger partial charge in [-0.15, -0.1) is 11.3 Å². The predicted octanol–water partition coefficient (Wildman–Crippen LogP) is 3.20. The Balaban J connectivity index is 1.43. The normalized spacial score (nSPS) is 13.3. The zero-order valence-electron chi connectivity index (χ0n) is 14.8. The van der Waals surface area contributed by atoms with Gasteiger partial charge >= 0.3 is 0 Å². The number of aromatic nitrogens is 2. The van der Waals surface area contributed by atoms with E-state index in [9.17, 15) is 9.59 Å². The summed E-state index contributed by atoms with van der Waals surface area (Å²) in [7, 11) is 1.82. The number of carbonyl (C=O) groups excluding carboxylic acids is 1. The number of fused-ring (bicyclic) bond motifs is 3. The first-order chi connectivity index (χ1) is 13.0. The molecule has 1 aliphatic rings. The molecule has 0 spiro atoms. The summed E-state index contributed by atoms with van der Waals surface area (Å²) in [6, 6.07) is 6.96. The summed E-state index contributed by atoms with van der Waals surface area (Å²) >= 11 is 7.46. The number of thiophene rings is 1. The molecule has 0 bridgehead atoms. The first kappa shape index (κ1) is 18.2. The highest BCUT2D eigenvalue weighted by Gasteiger charge is 2.21. The fourth-order valence-corrected chi connectivity index (χ4v) is 4.82. The van der Waals surface area contributed by atoms with E-state index in [2.05, 4.69) is 15.3 Å². The topological polar surface area (TPSA) is 78.1 Å². The van der Waals surface area contributed by atoms with E-state index in [1.807, 2.05) is 11.9 Å². The summed E-state index contributed by atoms with van der Waals surface area (Å²) in [6.45, 7) is 0.576. The van der Waals surface area contributed by atoms with E-state index in [4.69, 9.17) is 11.6 Å². The number of H-pyrrole nitrogens is 1. The van der Waals surface area contributed by atoms with Gasteiger partial charge in [-0.3, -0.25) is 14.5 Å². The molecule has 0 saturated heterocycles. The van der Waals surface area contributed by atoms with Gasteiger partial charge in [-0.05, 0) is 56.1 Å². The molecule has 140 valence electrons. The first-order valence-corrected chi connectivity index (χ1v) is 9.96. The van der Waals surface area contributed by atoms with Gasteiger partial charge in [0.2, 0.25) is 5.91 Å². The molecule has 2 heterocycles. The van der Waals surface area contributed by atoms with Gasteiger partial charge in [-0.25, -0.2) is 4.98 Å². The Morgan fingerprint density at radius 2 is 2.11 bits per heavy atom. The largest absolute Gasteiger partial charge is 0.325 e. The lowest BCUT2D eigenvalue weighted by Gasteiger charge is -2.15. The summed E-state index contributed by atoms with van der Waals surface area (Å²) in [4.78, 5) is 36.1. The molecule has 2 N–H and O–H groups in total. The van der Waals surface area contributed by atoms with Crippen molar-refractivity contribution in [2.24, 2.45) is 0 Å². The summed E-state index contributed by atoms with van der Waals surface area (Å²) in [5.74, 6) is 0.438. The predicted molar refractivity (Wildman–Crippen MR) is 109 cm³/mol. The lowest BCUT2D eigenvalue weighted by Crippen LogP contribution is -2.31. The molecule has 0 unspecified atom stereocenters. The molecule has 0 saturated carbocycles. The molecule has 2 aromatic heterocycles. The van der Waals surface area contributed by atoms with Crippen molar-refractivity contribution in [3.05, 3.63) is 55.9 Å². The molecule has 4 rings (SSSR count). The Morgan fingerprint density at radius 1 is 1.33 bits per heavy atom. The third kappa shape index (κ3) is 3.90. The molecule has 0 atom stereocenters. The maximum atomic E-state index is 12.5. The van der Waals surface area contributed by atoms with Crippen LogP contribution in [-0.2, 0) is 24.2 Å². The minimum Gasteiger partial charge on any atom is -0.325 e. The number of halogens is 1. The van der Waals surface area contributed by atoms with Crippen molar-refractivity contribution >= 4 is 44.7 Å². The Kier molecular flexibility index (Phi) is 4.99. The fraction of sp³-hybridized carbons (Fsp3) is 0.316. The molecule has 1 aromatic carbocycles. The molecule has 1 amide bonds. The van der Waals surface area contributed by atoms with Crippen molar-refractivity contribution in [1.29, 1.82) is 0 Å². The highest BCUT2D eigenvalue weighted by Crippen LogP contribution is 2.34. The quantitative estimate of drug-likeness (QED) is 0.687. The summed E-state index contributed by atoms with van der Waals surface area (Å²) in [5.41, 5.74) is 1.79. The van der Waals surface area contributed by atoms with E-state index >= 15 is 0 Å². The van der Waals surface area contributed by atoms with Crippen molar-refractivity contribution < 1.29 is 4.79 Å². The van der Waals surface area contributed by atoms with Crippen LogP contribution < -0.4 is 10.9 Å². The molecular formula is C19H19ClN4O2S. The van der Waals surface area contributed by atoms with Crippen LogP contribution in [0.1, 0.15) is 22.7 Å². The number of aromatic amines is 1. The van der Waals surface area contributed by atoms with E-state index in [1.165, 1.54) is 10.4 Å². The number of nitrogens with one attached hydrogen (secondary N) is 2. The van der Waals surface area contributed by atoms with E-state index < -0.39 is 0 Å². The SMILES string of the molecule is CN(CC(=O)Nc1ccc(Cl)cc1)Cc1nc2sc3c(c2c(=O)[nH]1)CCC3. The molecule has 0 radical (unpaired) electrons. The zero-order chi connectivity index (χ0) is 19.0. The number of nitrogens with zero attached hydrogens (tertiary/aromatic N) is 2. The van der Waals surface area contributed by atoms with E-state index in [-0.39, 0.29) is 18.0 Å². The van der Waals surface area contributed by atoms with Crippen molar-refractivity contribution in [1.82, 2.24) is 14.9 Å². The van der Waals surface area contributed by atoms with Crippen molar-refractivity contribution in [2.45, 2.75) is 25.8 Å². The number of amides is 1. The monoisotopic (exact) mass is 402 g/mol. The molecule has 1 aliphatic carbocycles. The van der Waals surface area contributed by atoms with Crippen LogP contribution in [0.2, 0.25) is 5.02 Å². The van der Waals surface area contributed by atoms with Gasteiger partial charge in [-0.2, -0.15) is 0 Å². The molecular weight excluding hydrogens is 384 g/mol. The molecule has 8 heteroatoms. The van der Waals surface area contributed by atoms with Gasteiger partial charge in [0.05, 0.1) is 18.5 Å². The van der Waals surface area contributed by atoms with Crippen LogP contribution in [0.15, 0.2) is 29.1 Å². The minimum atomic E-state index is -0.140. The second kappa shape index (κ2) is 7.42. The first-order valence-electron chi connectivity index (χ1n) is 8.77. The second-order valence-electron chi connectivity index (χ2n) is 6.78. The average Bonchev–Trinajstić information content (AvgIpc) is 3.17. The Labute approximate surface area is 165 Å². The maximum Gasteiger partial charge on any atom is 0.259 e. The third-order valence-electron chi connectivity index (χ3n) is 4.59. The van der Waals surface area contributed by atoms with Crippen molar-refractivity contribution in [2.75, 3.05) is 18.9 Å². The van der Waals surface area contributed by atoms with Crippen LogP contribution in [0.3, 0.4) is 0 Å². The molecule has 6 nitrogen and oxygen atoms in total. The van der Waals surface area contributed by atoms with Gasteiger partial charge in [0.25, 0.3) is 5.56 Å². The number of hydrogen-bond donors (Lipinski definition) is 2. The lowest BCUT2D eigenvalue weighted by atomic mass is 10.2. The van der Waals surface area contributed by atoms with Crippen LogP contribution in [0.5, 0.6) is 0 Å². The van der Waals surface area contributed by atoms with Gasteiger partial charge < -0.3 is 10.3 Å². The summed E-state index contributed by atoms with van der Waals surface area (Å²) in [6.07, 6.45) is 3.11. The van der Waals surface area contributed by atoms with Gasteiger partial charge in [0.1, 0.15) is 10.7 Å². The van der Waals surface area contributed by atoms with E-state index in [1.54, 1.807) is 35.6 Å². The van der Waals surface area contributed by atoms with Crippen molar-refractivity contribution in [3.8, 4) is 0 Å². The number of carbonyl (C=O) groups is 1. The molecule has 3 aromatic rings. The van der Waals surface area contributed by atoms with Crippen LogP contribution in [-0.4, -0.2) is 34.4 Å². The number of benzene rings is 1. The second-order valence-corrected chi connectivity index (χ2v) is 8.30. The molecule has 27 heavy (non-hydrogen) atoms. The van der Waals surface area contributed by atoms with Gasteiger partial charge in [-0.1, -0.05) is 11.6 Å². The van der Waals surface area contributed by atoms with E-state index in [0.717, 1.165) is 29.5 Å². The lowest BCUT2D eigenvalue weighted by molar-refractivity contribution is -0.117. The van der Waals surface area contributed by atoms with Crippen LogP contribution >= 0.6 is 22.9 Å². The zero-order valence-corrected chi connectivity index (χ0v) is 16.4. The molecule has 0 aliphatic heterocycles. The van der Waals surface area contributed by atoms with Crippen molar-refractivity contribution in [3.63, 3.8) is 0 Å². The highest BCUT2D eigenvalue weighted by molar-refractivity contribution is 7.18. The van der Waals surface area contributed by atoms with E-state index in [0.29, 0.717) is 23.1 Å². The number of hydrogen-bond acceptors (Lipinski definition) is 5. The van der Waals surface area contributed by atoms with Crippen LogP contribution in [0.25, 0.3) is 10.2 Å². The standard InChI is InChI=1S/C19H19ClN4O2S/c1-24(10-16(25)21-12-7-5-11(20)6-8-12)9-15-22-18(26)17-13-3-2-4-14(13)27-19(17)23-15/h5-8H,2-4,9-10H2,1H3,(H,21,25)(H,22,23,26). The minimum absolute atomic E-state index is 0.0755. The van der Waals surface area contributed by atoms with Crippen LogP contribution in [0, 0.1) is 0 Å². The number of aryl methyl sites for hydroxylation is 2. The Hall–Kier alpha value is -2.22. The van der Waals surface area contributed by atoms with Gasteiger partial charge in [0, 0.05) is 15.6 Å². The molecule has 0 fully saturated rings. The highest BCUT2D eigenvalue weighted by atomic mass is 35.5. The number of anilines is 1. The third-order valence-corrected chi connectivity index (χ3v) is 6.02. The summed E-state index contributed by atoms with van der Waals surface area (Å²) in [5, 5.41) is 4.19. The number of likely N-dealkylation sites (N-methyl/N-ethyl adjacent to an activating group) is 1. The fourth-order valence-electron chi connectivity index (χ4n) is 3.41. The van der Waals surface area contributed by atoms with Crippen LogP contribution in [0.4, 0.5) is 5.69 Å². The smallest absolute Gasteiger partial charge is 0.259 e.